The number of hydrogen-bond donors (Lipinski definition) is 0. The molecule has 1 saturated heterocycles. The van der Waals surface area contributed by atoms with Gasteiger partial charge in [-0.1, -0.05) is 23.8 Å². The number of carbonyl (C=O) groups excluding carboxylic acids is 1. The van der Waals surface area contributed by atoms with E-state index in [9.17, 15) is 4.79 Å². The minimum Gasteiger partial charge on any atom is -0.377 e. The molecule has 1 amide bonds. The quantitative estimate of drug-likeness (QED) is 0.589. The molecule has 1 aliphatic heterocycles. The number of thioether (sulfide) groups is 1. The molecule has 0 aromatic heterocycles. The van der Waals surface area contributed by atoms with Crippen molar-refractivity contribution in [2.75, 3.05) is 25.5 Å². The smallest absolute Gasteiger partial charge is 0.266 e. The van der Waals surface area contributed by atoms with Gasteiger partial charge in [-0.25, -0.2) is 4.99 Å². The summed E-state index contributed by atoms with van der Waals surface area (Å²) in [6.45, 7) is 4.61. The molecule has 1 aliphatic rings. The standard InChI is InChI=1S/C21H22BrN3OS/c1-5-25-20(26)19(13-15-8-11-18(24(3)4)17(22)12-15)27-21(25)23-16-9-6-14(2)7-10-16/h6-13H,5H2,1-4H3/b19-13+,23-21?. The van der Waals surface area contributed by atoms with E-state index in [1.54, 1.807) is 4.90 Å². The van der Waals surface area contributed by atoms with Gasteiger partial charge in [0.25, 0.3) is 5.91 Å². The number of halogens is 1. The van der Waals surface area contributed by atoms with E-state index in [2.05, 4.69) is 20.9 Å². The fraction of sp³-hybridized carbons (Fsp3) is 0.238. The largest absolute Gasteiger partial charge is 0.377 e. The number of hydrogen-bond acceptors (Lipinski definition) is 4. The van der Waals surface area contributed by atoms with Gasteiger partial charge in [-0.15, -0.1) is 0 Å². The number of amidine groups is 1. The number of rotatable bonds is 4. The summed E-state index contributed by atoms with van der Waals surface area (Å²) in [6, 6.07) is 14.1. The van der Waals surface area contributed by atoms with Gasteiger partial charge in [-0.3, -0.25) is 9.69 Å². The lowest BCUT2D eigenvalue weighted by Gasteiger charge is -2.14. The molecule has 0 radical (unpaired) electrons. The van der Waals surface area contributed by atoms with E-state index in [1.807, 2.05) is 81.4 Å². The zero-order valence-corrected chi connectivity index (χ0v) is 18.3. The average molecular weight is 444 g/mol. The Balaban J connectivity index is 1.91. The van der Waals surface area contributed by atoms with Crippen LogP contribution in [0.25, 0.3) is 6.08 Å². The molecule has 2 aromatic rings. The van der Waals surface area contributed by atoms with Crippen molar-refractivity contribution in [3.05, 3.63) is 63.0 Å². The summed E-state index contributed by atoms with van der Waals surface area (Å²) in [5.41, 5.74) is 4.12. The van der Waals surface area contributed by atoms with Gasteiger partial charge < -0.3 is 4.90 Å². The van der Waals surface area contributed by atoms with E-state index >= 15 is 0 Å². The second-order valence-electron chi connectivity index (χ2n) is 6.50. The molecule has 0 unspecified atom stereocenters. The Morgan fingerprint density at radius 2 is 1.89 bits per heavy atom. The number of aryl methyl sites for hydroxylation is 1. The van der Waals surface area contributed by atoms with E-state index in [-0.39, 0.29) is 5.91 Å². The summed E-state index contributed by atoms with van der Waals surface area (Å²) < 4.78 is 0.998. The lowest BCUT2D eigenvalue weighted by molar-refractivity contribution is -0.122. The number of anilines is 1. The predicted octanol–water partition coefficient (Wildman–Crippen LogP) is 5.45. The molecule has 1 heterocycles. The maximum atomic E-state index is 12.8. The first-order chi connectivity index (χ1) is 12.9. The third-order valence-electron chi connectivity index (χ3n) is 4.21. The molecule has 27 heavy (non-hydrogen) atoms. The first-order valence-corrected chi connectivity index (χ1v) is 10.3. The van der Waals surface area contributed by atoms with Gasteiger partial charge in [-0.05, 0) is 77.4 Å². The van der Waals surface area contributed by atoms with E-state index in [0.29, 0.717) is 11.4 Å². The lowest BCUT2D eigenvalue weighted by Crippen LogP contribution is -2.28. The highest BCUT2D eigenvalue weighted by Gasteiger charge is 2.32. The SMILES string of the molecule is CCN1C(=O)/C(=C\c2ccc(N(C)C)c(Br)c2)SC1=Nc1ccc(C)cc1. The van der Waals surface area contributed by atoms with Crippen LogP contribution in [0, 0.1) is 6.92 Å². The monoisotopic (exact) mass is 443 g/mol. The molecule has 0 N–H and O–H groups in total. The highest BCUT2D eigenvalue weighted by atomic mass is 79.9. The number of likely N-dealkylation sites (N-methyl/N-ethyl adjacent to an activating group) is 1. The Bertz CT molecular complexity index is 920. The number of aliphatic imine (C=N–C) groups is 1. The summed E-state index contributed by atoms with van der Waals surface area (Å²) in [6.07, 6.45) is 1.93. The molecule has 6 heteroatoms. The van der Waals surface area contributed by atoms with E-state index < -0.39 is 0 Å². The van der Waals surface area contributed by atoms with Crippen molar-refractivity contribution in [3.63, 3.8) is 0 Å². The summed E-state index contributed by atoms with van der Waals surface area (Å²) in [5, 5.41) is 0.724. The molecule has 140 valence electrons. The van der Waals surface area contributed by atoms with Crippen molar-refractivity contribution < 1.29 is 4.79 Å². The van der Waals surface area contributed by atoms with Crippen LogP contribution in [0.4, 0.5) is 11.4 Å². The molecule has 0 bridgehead atoms. The predicted molar refractivity (Wildman–Crippen MR) is 120 cm³/mol. The Kier molecular flexibility index (Phi) is 6.07. The Morgan fingerprint density at radius 3 is 2.48 bits per heavy atom. The zero-order valence-electron chi connectivity index (χ0n) is 15.9. The van der Waals surface area contributed by atoms with Gasteiger partial charge in [0.05, 0.1) is 16.3 Å². The van der Waals surface area contributed by atoms with Crippen LogP contribution < -0.4 is 4.90 Å². The van der Waals surface area contributed by atoms with Gasteiger partial charge in [0.15, 0.2) is 5.17 Å². The number of amides is 1. The summed E-state index contributed by atoms with van der Waals surface area (Å²) in [7, 11) is 4.00. The molecule has 3 rings (SSSR count). The van der Waals surface area contributed by atoms with Gasteiger partial charge in [-0.2, -0.15) is 0 Å². The van der Waals surface area contributed by atoms with Crippen LogP contribution >= 0.6 is 27.7 Å². The summed E-state index contributed by atoms with van der Waals surface area (Å²) in [4.78, 5) is 21.9. The van der Waals surface area contributed by atoms with Crippen molar-refractivity contribution >= 4 is 56.2 Å². The molecule has 1 fully saturated rings. The van der Waals surface area contributed by atoms with Crippen LogP contribution in [0.1, 0.15) is 18.1 Å². The molecule has 2 aromatic carbocycles. The van der Waals surface area contributed by atoms with Crippen LogP contribution in [0.15, 0.2) is 56.8 Å². The topological polar surface area (TPSA) is 35.9 Å². The number of carbonyl (C=O) groups is 1. The second-order valence-corrected chi connectivity index (χ2v) is 8.36. The van der Waals surface area contributed by atoms with Gasteiger partial charge in [0.1, 0.15) is 0 Å². The van der Waals surface area contributed by atoms with Crippen LogP contribution in [0.5, 0.6) is 0 Å². The molecule has 0 atom stereocenters. The second kappa shape index (κ2) is 8.31. The fourth-order valence-electron chi connectivity index (χ4n) is 2.73. The first-order valence-electron chi connectivity index (χ1n) is 8.72. The fourth-order valence-corrected chi connectivity index (χ4v) is 4.54. The highest BCUT2D eigenvalue weighted by Crippen LogP contribution is 2.35. The maximum Gasteiger partial charge on any atom is 0.266 e. The van der Waals surface area contributed by atoms with Crippen LogP contribution in [-0.2, 0) is 4.79 Å². The lowest BCUT2D eigenvalue weighted by atomic mass is 10.2. The molecule has 0 aliphatic carbocycles. The van der Waals surface area contributed by atoms with Crippen LogP contribution in [0.3, 0.4) is 0 Å². The van der Waals surface area contributed by atoms with Gasteiger partial charge >= 0.3 is 0 Å². The molecule has 0 saturated carbocycles. The van der Waals surface area contributed by atoms with Crippen molar-refractivity contribution in [1.82, 2.24) is 4.90 Å². The Morgan fingerprint density at radius 1 is 1.19 bits per heavy atom. The maximum absolute atomic E-state index is 12.8. The minimum atomic E-state index is 0.00108. The van der Waals surface area contributed by atoms with Gasteiger partial charge in [0, 0.05) is 25.1 Å². The first kappa shape index (κ1) is 19.7. The highest BCUT2D eigenvalue weighted by molar-refractivity contribution is 9.10. The number of nitrogens with zero attached hydrogens (tertiary/aromatic N) is 3. The van der Waals surface area contributed by atoms with E-state index in [0.717, 1.165) is 26.6 Å². The molecule has 4 nitrogen and oxygen atoms in total. The van der Waals surface area contributed by atoms with Crippen LogP contribution in [0.2, 0.25) is 0 Å². The van der Waals surface area contributed by atoms with Crippen molar-refractivity contribution in [2.24, 2.45) is 4.99 Å². The third kappa shape index (κ3) is 4.45. The Labute approximate surface area is 173 Å². The van der Waals surface area contributed by atoms with Crippen LogP contribution in [-0.4, -0.2) is 36.6 Å². The molecule has 0 spiro atoms. The zero-order chi connectivity index (χ0) is 19.6. The van der Waals surface area contributed by atoms with Crippen molar-refractivity contribution in [1.29, 1.82) is 0 Å². The molecular weight excluding hydrogens is 422 g/mol. The average Bonchev–Trinajstić information content (AvgIpc) is 2.91. The minimum absolute atomic E-state index is 0.00108. The van der Waals surface area contributed by atoms with Gasteiger partial charge in [0.2, 0.25) is 0 Å². The van der Waals surface area contributed by atoms with E-state index in [4.69, 9.17) is 0 Å². The van der Waals surface area contributed by atoms with E-state index in [1.165, 1.54) is 17.3 Å². The molecular formula is C21H22BrN3OS. The van der Waals surface area contributed by atoms with Crippen molar-refractivity contribution in [2.45, 2.75) is 13.8 Å². The Hall–Kier alpha value is -2.05. The van der Waals surface area contributed by atoms with Crippen molar-refractivity contribution in [3.8, 4) is 0 Å². The summed E-state index contributed by atoms with van der Waals surface area (Å²) in [5.74, 6) is 0.00108. The third-order valence-corrected chi connectivity index (χ3v) is 5.86. The number of benzene rings is 2. The summed E-state index contributed by atoms with van der Waals surface area (Å²) >= 11 is 5.03. The normalized spacial score (nSPS) is 17.2.